The Morgan fingerprint density at radius 3 is 2.50 bits per heavy atom. The first-order valence-corrected chi connectivity index (χ1v) is 12.4. The molecule has 0 spiro atoms. The van der Waals surface area contributed by atoms with Gasteiger partial charge in [-0.15, -0.1) is 5.10 Å². The lowest BCUT2D eigenvalue weighted by atomic mass is 10.1. The molecule has 0 radical (unpaired) electrons. The van der Waals surface area contributed by atoms with Gasteiger partial charge in [0, 0.05) is 38.3 Å². The number of hydrogen-bond acceptors (Lipinski definition) is 7. The van der Waals surface area contributed by atoms with E-state index < -0.39 is 25.3 Å². The fourth-order valence-corrected chi connectivity index (χ4v) is 3.93. The van der Waals surface area contributed by atoms with E-state index in [1.54, 1.807) is 4.90 Å². The Balaban J connectivity index is 1.74. The number of aliphatic hydroxyl groups excluding tert-OH is 1. The number of nitrogens with zero attached hydrogens (tertiary/aromatic N) is 5. The van der Waals surface area contributed by atoms with Gasteiger partial charge in [0.05, 0.1) is 26.1 Å². The second-order valence-electron chi connectivity index (χ2n) is 8.84. The molecular weight excluding hydrogens is 512 g/mol. The van der Waals surface area contributed by atoms with Crippen LogP contribution in [-0.4, -0.2) is 107 Å². The summed E-state index contributed by atoms with van der Waals surface area (Å²) in [5.74, 6) is -1.05. The minimum absolute atomic E-state index is 0.0393. The molecule has 1 aliphatic heterocycles. The van der Waals surface area contributed by atoms with Gasteiger partial charge in [0.1, 0.15) is 18.0 Å². The second-order valence-corrected chi connectivity index (χ2v) is 8.84. The molecule has 0 atom stereocenters. The zero-order valence-corrected chi connectivity index (χ0v) is 20.9. The molecule has 2 amide bonds. The topological polar surface area (TPSA) is 113 Å². The van der Waals surface area contributed by atoms with Gasteiger partial charge in [-0.1, -0.05) is 11.6 Å². The summed E-state index contributed by atoms with van der Waals surface area (Å²) in [6.07, 6.45) is -0.660. The Kier molecular flexibility index (Phi) is 10.8. The number of aliphatic hydroxyl groups is 1. The lowest BCUT2D eigenvalue weighted by molar-refractivity contribution is -0.123. The van der Waals surface area contributed by atoms with Crippen molar-refractivity contribution in [3.05, 3.63) is 35.7 Å². The summed E-state index contributed by atoms with van der Waals surface area (Å²) in [6.45, 7) is 1.16. The van der Waals surface area contributed by atoms with Crippen molar-refractivity contribution >= 4 is 11.8 Å². The van der Waals surface area contributed by atoms with Gasteiger partial charge in [0.2, 0.25) is 0 Å². The number of rotatable bonds is 13. The SMILES string of the molecule is O=C(NCC(F)(F)F)c1ccc(-n2cc(C(=O)N3CCN(CCO)CC3)nn2)c(OCCCCCCF)c1. The van der Waals surface area contributed by atoms with Gasteiger partial charge in [-0.05, 0) is 37.5 Å². The van der Waals surface area contributed by atoms with Crippen molar-refractivity contribution in [3.8, 4) is 11.4 Å². The van der Waals surface area contributed by atoms with E-state index in [9.17, 15) is 27.2 Å². The lowest BCUT2D eigenvalue weighted by Crippen LogP contribution is -2.49. The molecule has 2 N–H and O–H groups in total. The van der Waals surface area contributed by atoms with Gasteiger partial charge < -0.3 is 20.1 Å². The molecule has 2 aromatic rings. The first kappa shape index (κ1) is 29.3. The van der Waals surface area contributed by atoms with Crippen LogP contribution in [0.2, 0.25) is 0 Å². The second kappa shape index (κ2) is 14.0. The van der Waals surface area contributed by atoms with Crippen LogP contribution in [0.1, 0.15) is 46.5 Å². The molecule has 1 saturated heterocycles. The number of nitrogens with one attached hydrogen (secondary N) is 1. The highest BCUT2D eigenvalue weighted by Crippen LogP contribution is 2.25. The van der Waals surface area contributed by atoms with Crippen LogP contribution in [-0.2, 0) is 0 Å². The number of carbonyl (C=O) groups is 2. The Morgan fingerprint density at radius 1 is 1.08 bits per heavy atom. The van der Waals surface area contributed by atoms with E-state index in [2.05, 4.69) is 10.3 Å². The maximum atomic E-state index is 12.9. The number of halogens is 4. The van der Waals surface area contributed by atoms with Crippen LogP contribution in [0.3, 0.4) is 0 Å². The van der Waals surface area contributed by atoms with Gasteiger partial charge in [0.15, 0.2) is 5.69 Å². The van der Waals surface area contributed by atoms with Gasteiger partial charge in [-0.3, -0.25) is 18.9 Å². The van der Waals surface area contributed by atoms with Crippen molar-refractivity contribution in [2.45, 2.75) is 31.9 Å². The molecule has 2 heterocycles. The maximum absolute atomic E-state index is 12.9. The number of benzene rings is 1. The predicted molar refractivity (Wildman–Crippen MR) is 129 cm³/mol. The molecule has 0 unspecified atom stereocenters. The molecule has 0 saturated carbocycles. The Labute approximate surface area is 217 Å². The summed E-state index contributed by atoms with van der Waals surface area (Å²) < 4.78 is 57.0. The number of carbonyl (C=O) groups excluding carboxylic acids is 2. The average Bonchev–Trinajstić information content (AvgIpc) is 3.39. The third kappa shape index (κ3) is 8.65. The number of β-amino-alcohol motifs (C(OH)–C–C–N with tert-alkyl or cyclic N) is 1. The van der Waals surface area contributed by atoms with E-state index >= 15 is 0 Å². The van der Waals surface area contributed by atoms with Crippen molar-refractivity contribution in [1.82, 2.24) is 30.1 Å². The molecule has 210 valence electrons. The normalized spacial score (nSPS) is 14.5. The van der Waals surface area contributed by atoms with Crippen molar-refractivity contribution in [3.63, 3.8) is 0 Å². The van der Waals surface area contributed by atoms with E-state index in [-0.39, 0.29) is 36.1 Å². The Hall–Kier alpha value is -3.26. The third-order valence-electron chi connectivity index (χ3n) is 5.99. The fraction of sp³-hybridized carbons (Fsp3) is 0.583. The van der Waals surface area contributed by atoms with Gasteiger partial charge in [0.25, 0.3) is 11.8 Å². The molecule has 10 nitrogen and oxygen atoms in total. The monoisotopic (exact) mass is 544 g/mol. The summed E-state index contributed by atoms with van der Waals surface area (Å²) >= 11 is 0. The van der Waals surface area contributed by atoms with E-state index in [1.807, 2.05) is 10.2 Å². The molecule has 14 heteroatoms. The van der Waals surface area contributed by atoms with Crippen LogP contribution in [0, 0.1) is 0 Å². The standard InChI is InChI=1S/C24H32F4N6O4/c25-7-3-1-2-4-14-38-21-15-18(22(36)29-17-24(26,27)28)5-6-20(21)34-16-19(30-31-34)23(37)33-10-8-32(9-11-33)12-13-35/h5-6,15-16,35H,1-4,7-14,17H2,(H,29,36). The molecule has 38 heavy (non-hydrogen) atoms. The number of aromatic nitrogens is 3. The van der Waals surface area contributed by atoms with E-state index in [4.69, 9.17) is 9.84 Å². The molecule has 1 fully saturated rings. The third-order valence-corrected chi connectivity index (χ3v) is 5.99. The lowest BCUT2D eigenvalue weighted by Gasteiger charge is -2.33. The largest absolute Gasteiger partial charge is 0.491 e. The summed E-state index contributed by atoms with van der Waals surface area (Å²) in [6, 6.07) is 4.10. The van der Waals surface area contributed by atoms with Crippen LogP contribution in [0.4, 0.5) is 17.6 Å². The molecule has 3 rings (SSSR count). The summed E-state index contributed by atoms with van der Waals surface area (Å²) in [4.78, 5) is 28.9. The minimum Gasteiger partial charge on any atom is -0.491 e. The zero-order chi connectivity index (χ0) is 27.5. The minimum atomic E-state index is -4.55. The number of ether oxygens (including phenoxy) is 1. The van der Waals surface area contributed by atoms with E-state index in [0.29, 0.717) is 57.7 Å². The van der Waals surface area contributed by atoms with Crippen LogP contribution in [0.5, 0.6) is 5.75 Å². The van der Waals surface area contributed by atoms with Crippen LogP contribution in [0.15, 0.2) is 24.4 Å². The van der Waals surface area contributed by atoms with Gasteiger partial charge >= 0.3 is 6.18 Å². The quantitative estimate of drug-likeness (QED) is 0.294. The van der Waals surface area contributed by atoms with Crippen LogP contribution < -0.4 is 10.1 Å². The highest BCUT2D eigenvalue weighted by atomic mass is 19.4. The number of hydrogen-bond donors (Lipinski definition) is 2. The summed E-state index contributed by atoms with van der Waals surface area (Å²) in [5.41, 5.74) is 0.410. The first-order chi connectivity index (χ1) is 18.2. The van der Waals surface area contributed by atoms with Crippen molar-refractivity contribution in [2.24, 2.45) is 0 Å². The van der Waals surface area contributed by atoms with Gasteiger partial charge in [-0.2, -0.15) is 13.2 Å². The van der Waals surface area contributed by atoms with Crippen molar-refractivity contribution in [2.75, 3.05) is 59.2 Å². The molecule has 1 aromatic heterocycles. The number of piperazine rings is 1. The molecule has 0 bridgehead atoms. The smallest absolute Gasteiger partial charge is 0.405 e. The van der Waals surface area contributed by atoms with Crippen LogP contribution >= 0.6 is 0 Å². The van der Waals surface area contributed by atoms with E-state index in [0.717, 1.165) is 6.42 Å². The highest BCUT2D eigenvalue weighted by Gasteiger charge is 2.28. The van der Waals surface area contributed by atoms with E-state index in [1.165, 1.54) is 29.1 Å². The molecule has 1 aliphatic rings. The fourth-order valence-electron chi connectivity index (χ4n) is 3.93. The molecule has 0 aliphatic carbocycles. The average molecular weight is 545 g/mol. The number of unbranched alkanes of at least 4 members (excludes halogenated alkanes) is 3. The first-order valence-electron chi connectivity index (χ1n) is 12.4. The van der Waals surface area contributed by atoms with Crippen molar-refractivity contribution in [1.29, 1.82) is 0 Å². The summed E-state index contributed by atoms with van der Waals surface area (Å²) in [7, 11) is 0. The summed E-state index contributed by atoms with van der Waals surface area (Å²) in [5, 5.41) is 18.9. The van der Waals surface area contributed by atoms with Crippen LogP contribution in [0.25, 0.3) is 5.69 Å². The Morgan fingerprint density at radius 2 is 1.82 bits per heavy atom. The predicted octanol–water partition coefficient (Wildman–Crippen LogP) is 2.22. The number of amides is 2. The highest BCUT2D eigenvalue weighted by molar-refractivity contribution is 5.95. The zero-order valence-electron chi connectivity index (χ0n) is 20.9. The van der Waals surface area contributed by atoms with Crippen molar-refractivity contribution < 1.29 is 37.0 Å². The number of alkyl halides is 4. The molecular formula is C24H32F4N6O4. The Bertz CT molecular complexity index is 1060. The maximum Gasteiger partial charge on any atom is 0.405 e. The van der Waals surface area contributed by atoms with Gasteiger partial charge in [-0.25, -0.2) is 4.68 Å². The molecule has 1 aromatic carbocycles.